The molecular weight excluding hydrogens is 418 g/mol. The van der Waals surface area contributed by atoms with E-state index in [1.54, 1.807) is 0 Å². The van der Waals surface area contributed by atoms with Gasteiger partial charge in [-0.1, -0.05) is 6.92 Å². The number of aliphatic carboxylic acids is 1. The second-order valence-electron chi connectivity index (χ2n) is 9.57. The molecule has 0 aromatic heterocycles. The van der Waals surface area contributed by atoms with Crippen molar-refractivity contribution in [2.75, 3.05) is 5.75 Å². The summed E-state index contributed by atoms with van der Waals surface area (Å²) in [4.78, 5) is 36.8. The van der Waals surface area contributed by atoms with E-state index >= 15 is 0 Å². The van der Waals surface area contributed by atoms with Crippen LogP contribution >= 0.6 is 12.6 Å². The molecule has 4 rings (SSSR count). The van der Waals surface area contributed by atoms with Gasteiger partial charge in [-0.3, -0.25) is 9.59 Å². The molecule has 0 aliphatic heterocycles. The predicted molar refractivity (Wildman–Crippen MR) is 116 cm³/mol. The summed E-state index contributed by atoms with van der Waals surface area (Å²) < 4.78 is 0. The Morgan fingerprint density at radius 2 is 1.94 bits per heavy atom. The van der Waals surface area contributed by atoms with Gasteiger partial charge in [-0.25, -0.2) is 4.79 Å². The zero-order valence-corrected chi connectivity index (χ0v) is 18.7. The maximum Gasteiger partial charge on any atom is 0.335 e. The quantitative estimate of drug-likeness (QED) is 0.452. The fourth-order valence-corrected chi connectivity index (χ4v) is 7.09. The number of thiol groups is 1. The van der Waals surface area contributed by atoms with E-state index in [1.807, 2.05) is 0 Å². The summed E-state index contributed by atoms with van der Waals surface area (Å²) in [6, 6.07) is 1.19. The summed E-state index contributed by atoms with van der Waals surface area (Å²) in [7, 11) is 0. The lowest BCUT2D eigenvalue weighted by molar-refractivity contribution is -0.146. The van der Waals surface area contributed by atoms with Gasteiger partial charge < -0.3 is 20.6 Å². The van der Waals surface area contributed by atoms with E-state index in [0.29, 0.717) is 29.8 Å². The molecule has 4 N–H and O–H groups in total. The Bertz CT molecular complexity index is 977. The van der Waals surface area contributed by atoms with Crippen molar-refractivity contribution in [1.82, 2.24) is 5.32 Å². The average molecular weight is 448 g/mol. The van der Waals surface area contributed by atoms with Crippen molar-refractivity contribution < 1.29 is 29.7 Å². The summed E-state index contributed by atoms with van der Waals surface area (Å²) >= 11 is 4.22. The number of fused-ring (bicyclic) bond motifs is 5. The number of phenols is 2. The summed E-state index contributed by atoms with van der Waals surface area (Å²) in [6.45, 7) is 3.29. The first-order valence-electron chi connectivity index (χ1n) is 10.8. The van der Waals surface area contributed by atoms with Crippen LogP contribution in [-0.2, 0) is 26.3 Å². The Kier molecular flexibility index (Phi) is 5.27. The number of carboxylic acid groups (broad SMARTS) is 1. The fourth-order valence-electron chi connectivity index (χ4n) is 6.71. The largest absolute Gasteiger partial charge is 0.508 e. The van der Waals surface area contributed by atoms with Crippen molar-refractivity contribution in [3.8, 4) is 11.5 Å². The number of amides is 1. The Morgan fingerprint density at radius 3 is 2.55 bits per heavy atom. The first-order valence-corrected chi connectivity index (χ1v) is 11.4. The third-order valence-electron chi connectivity index (χ3n) is 8.10. The summed E-state index contributed by atoms with van der Waals surface area (Å²) in [6.07, 6.45) is 4.08. The van der Waals surface area contributed by atoms with Crippen LogP contribution in [0.1, 0.15) is 68.6 Å². The summed E-state index contributed by atoms with van der Waals surface area (Å²) in [5.74, 6) is -1.78. The number of hydrogen-bond donors (Lipinski definition) is 5. The molecule has 2 fully saturated rings. The van der Waals surface area contributed by atoms with Crippen LogP contribution in [0.25, 0.3) is 0 Å². The Labute approximate surface area is 186 Å². The Hall–Kier alpha value is -2.22. The lowest BCUT2D eigenvalue weighted by Crippen LogP contribution is -2.54. The average Bonchev–Trinajstić information content (AvgIpc) is 3.00. The minimum atomic E-state index is -1.91. The SMILES string of the molecule is CC(=O)NC(CS)(C(=O)O)c1c(O)cc(O)c2c1CC[C@@H]1[C@@H]2CC[C@]2(C)C(=O)CC[C@@H]12. The lowest BCUT2D eigenvalue weighted by Gasteiger charge is -2.49. The topological polar surface area (TPSA) is 124 Å². The van der Waals surface area contributed by atoms with Crippen molar-refractivity contribution in [3.05, 3.63) is 22.8 Å². The molecule has 0 radical (unpaired) electrons. The molecule has 8 heteroatoms. The van der Waals surface area contributed by atoms with Gasteiger partial charge in [-0.15, -0.1) is 0 Å². The second kappa shape index (κ2) is 7.43. The molecule has 3 aliphatic carbocycles. The van der Waals surface area contributed by atoms with Gasteiger partial charge in [0.05, 0.1) is 0 Å². The lowest BCUT2D eigenvalue weighted by atomic mass is 9.55. The van der Waals surface area contributed by atoms with Gasteiger partial charge in [-0.05, 0) is 55.4 Å². The molecule has 1 amide bonds. The van der Waals surface area contributed by atoms with E-state index in [1.165, 1.54) is 13.0 Å². The fraction of sp³-hybridized carbons (Fsp3) is 0.609. The standard InChI is InChI=1S/C23H29NO6S/c1-11(25)24-23(10-31,21(29)30)20-14-4-3-12-13(19(14)16(26)9-17(20)27)7-8-22(2)15(12)5-6-18(22)28/h9,12-13,15,26-27,31H,3-8,10H2,1-2H3,(H,24,25)(H,29,30)/t12-,13+,15+,22+,23?/m1/s1. The highest BCUT2D eigenvalue weighted by Crippen LogP contribution is 2.61. The highest BCUT2D eigenvalue weighted by atomic mass is 32.1. The summed E-state index contributed by atoms with van der Waals surface area (Å²) in [5.41, 5.74) is -0.886. The number of Topliss-reactive ketones (excluding diaryl/α,β-unsaturated/α-hetero) is 1. The van der Waals surface area contributed by atoms with E-state index in [0.717, 1.165) is 25.7 Å². The molecule has 1 aromatic carbocycles. The highest BCUT2D eigenvalue weighted by Gasteiger charge is 2.56. The normalized spacial score (nSPS) is 31.2. The van der Waals surface area contributed by atoms with Crippen molar-refractivity contribution in [2.45, 2.75) is 63.8 Å². The number of carbonyl (C=O) groups is 3. The van der Waals surface area contributed by atoms with Gasteiger partial charge in [0.2, 0.25) is 5.91 Å². The maximum absolute atomic E-state index is 12.6. The molecule has 0 spiro atoms. The number of hydrogen-bond acceptors (Lipinski definition) is 6. The van der Waals surface area contributed by atoms with Crippen LogP contribution in [0.2, 0.25) is 0 Å². The van der Waals surface area contributed by atoms with Crippen LogP contribution < -0.4 is 5.32 Å². The molecule has 0 saturated heterocycles. The van der Waals surface area contributed by atoms with Crippen LogP contribution in [0, 0.1) is 17.3 Å². The van der Waals surface area contributed by atoms with Gasteiger partial charge in [0.25, 0.3) is 0 Å². The number of carboxylic acids is 1. The maximum atomic E-state index is 12.6. The number of aromatic hydroxyl groups is 2. The van der Waals surface area contributed by atoms with Gasteiger partial charge in [-0.2, -0.15) is 12.6 Å². The molecule has 1 unspecified atom stereocenters. The molecule has 5 atom stereocenters. The highest BCUT2D eigenvalue weighted by molar-refractivity contribution is 7.80. The molecule has 3 aliphatic rings. The summed E-state index contributed by atoms with van der Waals surface area (Å²) in [5, 5.41) is 34.1. The zero-order chi connectivity index (χ0) is 22.7. The van der Waals surface area contributed by atoms with Crippen LogP contribution in [0.4, 0.5) is 0 Å². The second-order valence-corrected chi connectivity index (χ2v) is 9.88. The van der Waals surface area contributed by atoms with Crippen LogP contribution in [0.15, 0.2) is 6.07 Å². The van der Waals surface area contributed by atoms with E-state index in [-0.39, 0.29) is 46.0 Å². The number of ketones is 1. The molecule has 2 saturated carbocycles. The number of carbonyl (C=O) groups excluding carboxylic acids is 2. The number of phenolic OH excluding ortho intramolecular Hbond substituents is 2. The van der Waals surface area contributed by atoms with E-state index in [4.69, 9.17) is 0 Å². The smallest absolute Gasteiger partial charge is 0.335 e. The van der Waals surface area contributed by atoms with Crippen molar-refractivity contribution in [1.29, 1.82) is 0 Å². The Balaban J connectivity index is 1.88. The van der Waals surface area contributed by atoms with Crippen molar-refractivity contribution in [3.63, 3.8) is 0 Å². The van der Waals surface area contributed by atoms with E-state index in [9.17, 15) is 29.7 Å². The van der Waals surface area contributed by atoms with Crippen LogP contribution in [0.3, 0.4) is 0 Å². The Morgan fingerprint density at radius 1 is 1.23 bits per heavy atom. The van der Waals surface area contributed by atoms with Crippen LogP contribution in [-0.4, -0.2) is 38.7 Å². The first kappa shape index (κ1) is 22.0. The number of benzene rings is 1. The molecular formula is C23H29NO6S. The van der Waals surface area contributed by atoms with Gasteiger partial charge in [0, 0.05) is 41.7 Å². The minimum Gasteiger partial charge on any atom is -0.508 e. The first-order chi connectivity index (χ1) is 14.6. The van der Waals surface area contributed by atoms with E-state index in [2.05, 4.69) is 24.9 Å². The third kappa shape index (κ3) is 3.05. The van der Waals surface area contributed by atoms with Crippen molar-refractivity contribution >= 4 is 30.3 Å². The third-order valence-corrected chi connectivity index (χ3v) is 8.57. The van der Waals surface area contributed by atoms with Gasteiger partial charge in [0.15, 0.2) is 5.54 Å². The predicted octanol–water partition coefficient (Wildman–Crippen LogP) is 2.87. The van der Waals surface area contributed by atoms with Crippen LogP contribution in [0.5, 0.6) is 11.5 Å². The number of nitrogens with one attached hydrogen (secondary N) is 1. The minimum absolute atomic E-state index is 0.0178. The van der Waals surface area contributed by atoms with E-state index < -0.39 is 17.4 Å². The number of rotatable bonds is 4. The molecule has 0 bridgehead atoms. The monoisotopic (exact) mass is 447 g/mol. The molecule has 168 valence electrons. The van der Waals surface area contributed by atoms with Crippen molar-refractivity contribution in [2.24, 2.45) is 17.3 Å². The van der Waals surface area contributed by atoms with Gasteiger partial charge >= 0.3 is 5.97 Å². The molecule has 7 nitrogen and oxygen atoms in total. The van der Waals surface area contributed by atoms with Gasteiger partial charge in [0.1, 0.15) is 17.3 Å². The molecule has 0 heterocycles. The molecule has 1 aromatic rings. The zero-order valence-electron chi connectivity index (χ0n) is 17.8. The molecule has 31 heavy (non-hydrogen) atoms.